The van der Waals surface area contributed by atoms with E-state index in [1.54, 1.807) is 0 Å². The summed E-state index contributed by atoms with van der Waals surface area (Å²) in [5, 5.41) is 22.0. The van der Waals surface area contributed by atoms with Crippen LogP contribution in [0.25, 0.3) is 11.3 Å². The number of carbonyl (C=O) groups excluding carboxylic acids is 1. The van der Waals surface area contributed by atoms with Crippen molar-refractivity contribution in [1.82, 2.24) is 15.1 Å². The van der Waals surface area contributed by atoms with Crippen LogP contribution in [-0.2, 0) is 4.79 Å². The number of halogens is 2. The van der Waals surface area contributed by atoms with Gasteiger partial charge in [-0.2, -0.15) is 8.78 Å². The smallest absolute Gasteiger partial charge is 0.387 e. The number of likely N-dealkylation sites (tertiary alicyclic amines) is 1. The molecule has 0 spiro atoms. The number of aldehydes is 1. The number of anilines is 1. The van der Waals surface area contributed by atoms with Crippen LogP contribution in [0.1, 0.15) is 24.8 Å². The van der Waals surface area contributed by atoms with Crippen molar-refractivity contribution in [1.29, 1.82) is 0 Å². The Balaban J connectivity index is 1.69. The molecule has 2 N–H and O–H groups in total. The lowest BCUT2D eigenvalue weighted by atomic mass is 10.0. The SMILES string of the molecule is Cc1cc(NC2CCCN(CCC=O)C2)nnc1-c1ccc(OC(F)F)cc1O. The van der Waals surface area contributed by atoms with Gasteiger partial charge in [0.15, 0.2) is 0 Å². The molecule has 9 heteroatoms. The van der Waals surface area contributed by atoms with Gasteiger partial charge in [0.1, 0.15) is 23.6 Å². The van der Waals surface area contributed by atoms with Gasteiger partial charge in [0, 0.05) is 37.2 Å². The fraction of sp³-hybridized carbons (Fsp3) is 0.450. The Bertz CT molecular complexity index is 850. The number of aromatic hydroxyl groups is 1. The molecule has 1 aliphatic heterocycles. The molecule has 1 saturated heterocycles. The van der Waals surface area contributed by atoms with Crippen molar-refractivity contribution >= 4 is 12.1 Å². The van der Waals surface area contributed by atoms with Crippen LogP contribution in [0.3, 0.4) is 0 Å². The molecule has 1 aromatic heterocycles. The van der Waals surface area contributed by atoms with Crippen molar-refractivity contribution in [3.8, 4) is 22.8 Å². The van der Waals surface area contributed by atoms with Gasteiger partial charge in [0.25, 0.3) is 0 Å². The molecule has 1 aliphatic rings. The normalized spacial score (nSPS) is 17.3. The zero-order valence-corrected chi connectivity index (χ0v) is 16.1. The summed E-state index contributed by atoms with van der Waals surface area (Å²) in [5.41, 5.74) is 1.64. The maximum atomic E-state index is 12.3. The Kier molecular flexibility index (Phi) is 6.92. The van der Waals surface area contributed by atoms with Crippen molar-refractivity contribution in [3.63, 3.8) is 0 Å². The number of aromatic nitrogens is 2. The molecule has 1 atom stereocenters. The summed E-state index contributed by atoms with van der Waals surface area (Å²) in [6, 6.07) is 6.02. The van der Waals surface area contributed by atoms with Crippen LogP contribution in [0.5, 0.6) is 11.5 Å². The molecule has 1 unspecified atom stereocenters. The maximum absolute atomic E-state index is 12.3. The molecule has 2 aromatic rings. The van der Waals surface area contributed by atoms with Gasteiger partial charge in [0.2, 0.25) is 0 Å². The van der Waals surface area contributed by atoms with Gasteiger partial charge in [-0.1, -0.05) is 0 Å². The van der Waals surface area contributed by atoms with Crippen molar-refractivity contribution in [2.24, 2.45) is 0 Å². The van der Waals surface area contributed by atoms with E-state index in [4.69, 9.17) is 0 Å². The predicted octanol–water partition coefficient (Wildman–Crippen LogP) is 3.22. The van der Waals surface area contributed by atoms with Crippen molar-refractivity contribution in [3.05, 3.63) is 29.8 Å². The van der Waals surface area contributed by atoms with Crippen LogP contribution in [0.15, 0.2) is 24.3 Å². The van der Waals surface area contributed by atoms with Crippen LogP contribution >= 0.6 is 0 Å². The third kappa shape index (κ3) is 5.60. The number of rotatable bonds is 8. The van der Waals surface area contributed by atoms with E-state index in [9.17, 15) is 18.7 Å². The van der Waals surface area contributed by atoms with E-state index in [1.165, 1.54) is 12.1 Å². The lowest BCUT2D eigenvalue weighted by Gasteiger charge is -2.33. The second-order valence-electron chi connectivity index (χ2n) is 7.06. The van der Waals surface area contributed by atoms with E-state index >= 15 is 0 Å². The molecule has 0 radical (unpaired) electrons. The molecule has 1 aromatic carbocycles. The molecular formula is C20H24F2N4O3. The van der Waals surface area contributed by atoms with Gasteiger partial charge >= 0.3 is 6.61 Å². The van der Waals surface area contributed by atoms with E-state index in [-0.39, 0.29) is 17.5 Å². The summed E-state index contributed by atoms with van der Waals surface area (Å²) in [6.45, 7) is 1.47. The molecule has 0 aliphatic carbocycles. The second-order valence-corrected chi connectivity index (χ2v) is 7.06. The summed E-state index contributed by atoms with van der Waals surface area (Å²) in [7, 11) is 0. The van der Waals surface area contributed by atoms with Crippen LogP contribution in [0.4, 0.5) is 14.6 Å². The Hall–Kier alpha value is -2.81. The first-order valence-corrected chi connectivity index (χ1v) is 9.51. The van der Waals surface area contributed by atoms with E-state index in [0.717, 1.165) is 50.4 Å². The number of aryl methyl sites for hydroxylation is 1. The van der Waals surface area contributed by atoms with Crippen LogP contribution in [0, 0.1) is 6.92 Å². The number of phenols is 1. The fourth-order valence-corrected chi connectivity index (χ4v) is 3.53. The van der Waals surface area contributed by atoms with Crippen LogP contribution in [-0.4, -0.2) is 58.8 Å². The molecule has 3 rings (SSSR count). The average Bonchev–Trinajstić information content (AvgIpc) is 2.67. The van der Waals surface area contributed by atoms with Gasteiger partial charge in [0.05, 0.1) is 5.69 Å². The minimum atomic E-state index is -2.96. The molecule has 0 amide bonds. The topological polar surface area (TPSA) is 87.6 Å². The summed E-state index contributed by atoms with van der Waals surface area (Å²) in [6.07, 6.45) is 3.52. The minimum Gasteiger partial charge on any atom is -0.507 e. The second kappa shape index (κ2) is 9.60. The zero-order valence-electron chi connectivity index (χ0n) is 16.1. The van der Waals surface area contributed by atoms with Crippen molar-refractivity contribution in [2.45, 2.75) is 38.8 Å². The van der Waals surface area contributed by atoms with Gasteiger partial charge in [-0.15, -0.1) is 10.2 Å². The number of hydrogen-bond donors (Lipinski definition) is 2. The highest BCUT2D eigenvalue weighted by atomic mass is 19.3. The van der Waals surface area contributed by atoms with E-state index < -0.39 is 6.61 Å². The number of piperidine rings is 1. The highest BCUT2D eigenvalue weighted by Gasteiger charge is 2.20. The first kappa shape index (κ1) is 20.9. The minimum absolute atomic E-state index is 0.124. The first-order chi connectivity index (χ1) is 14.0. The summed E-state index contributed by atoms with van der Waals surface area (Å²) in [4.78, 5) is 12.8. The average molecular weight is 406 g/mol. The molecule has 1 fully saturated rings. The van der Waals surface area contributed by atoms with Gasteiger partial charge in [-0.25, -0.2) is 0 Å². The molecule has 2 heterocycles. The van der Waals surface area contributed by atoms with E-state index in [0.29, 0.717) is 23.5 Å². The Morgan fingerprint density at radius 2 is 2.21 bits per heavy atom. The third-order valence-electron chi connectivity index (χ3n) is 4.85. The first-order valence-electron chi connectivity index (χ1n) is 9.51. The number of nitrogens with zero attached hydrogens (tertiary/aromatic N) is 3. The van der Waals surface area contributed by atoms with Gasteiger partial charge in [-0.05, 0) is 50.1 Å². The number of nitrogens with one attached hydrogen (secondary N) is 1. The monoisotopic (exact) mass is 406 g/mol. The lowest BCUT2D eigenvalue weighted by molar-refractivity contribution is -0.108. The van der Waals surface area contributed by atoms with Crippen LogP contribution < -0.4 is 10.1 Å². The van der Waals surface area contributed by atoms with E-state index in [2.05, 4.69) is 25.2 Å². The number of ether oxygens (including phenoxy) is 1. The number of benzene rings is 1. The van der Waals surface area contributed by atoms with Crippen molar-refractivity contribution in [2.75, 3.05) is 25.0 Å². The molecule has 29 heavy (non-hydrogen) atoms. The maximum Gasteiger partial charge on any atom is 0.387 e. The highest BCUT2D eigenvalue weighted by molar-refractivity contribution is 5.71. The van der Waals surface area contributed by atoms with E-state index in [1.807, 2.05) is 13.0 Å². The third-order valence-corrected chi connectivity index (χ3v) is 4.85. The molecule has 7 nitrogen and oxygen atoms in total. The largest absolute Gasteiger partial charge is 0.507 e. The standard InChI is InChI=1S/C20H24F2N4O3/c1-13-10-18(23-14-4-2-7-26(12-14)8-3-9-27)24-25-19(13)16-6-5-15(11-17(16)28)29-20(21)22/h5-6,9-11,14,20,28H,2-4,7-8,12H2,1H3,(H,23,24). The Morgan fingerprint density at radius 3 is 2.90 bits per heavy atom. The lowest BCUT2D eigenvalue weighted by Crippen LogP contribution is -2.42. The molecule has 156 valence electrons. The van der Waals surface area contributed by atoms with Crippen LogP contribution in [0.2, 0.25) is 0 Å². The fourth-order valence-electron chi connectivity index (χ4n) is 3.53. The number of hydrogen-bond acceptors (Lipinski definition) is 7. The Labute approximate surface area is 167 Å². The molecular weight excluding hydrogens is 382 g/mol. The summed E-state index contributed by atoms with van der Waals surface area (Å²) < 4.78 is 28.9. The van der Waals surface area contributed by atoms with Crippen molar-refractivity contribution < 1.29 is 23.4 Å². The number of alkyl halides is 2. The zero-order chi connectivity index (χ0) is 20.8. The highest BCUT2D eigenvalue weighted by Crippen LogP contribution is 2.33. The number of carbonyl (C=O) groups is 1. The summed E-state index contributed by atoms with van der Waals surface area (Å²) in [5.74, 6) is 0.298. The summed E-state index contributed by atoms with van der Waals surface area (Å²) >= 11 is 0. The molecule has 0 bridgehead atoms. The van der Waals surface area contributed by atoms with Gasteiger partial charge < -0.3 is 24.9 Å². The Morgan fingerprint density at radius 1 is 1.38 bits per heavy atom. The molecule has 0 saturated carbocycles. The predicted molar refractivity (Wildman–Crippen MR) is 104 cm³/mol. The quantitative estimate of drug-likeness (QED) is 0.651. The van der Waals surface area contributed by atoms with Gasteiger partial charge in [-0.3, -0.25) is 0 Å². The number of phenolic OH excluding ortho intramolecular Hbond substituents is 1.